The number of aryl methyl sites for hydroxylation is 1. The molecular weight excluding hydrogens is 302 g/mol. The molecule has 0 bridgehead atoms. The molecule has 1 amide bonds. The number of carbonyl (C=O) groups is 1. The Morgan fingerprint density at radius 3 is 3.00 bits per heavy atom. The molecule has 4 rings (SSSR count). The summed E-state index contributed by atoms with van der Waals surface area (Å²) in [6.07, 6.45) is 3.60. The Balaban J connectivity index is 1.71. The summed E-state index contributed by atoms with van der Waals surface area (Å²) in [4.78, 5) is 23.6. The summed E-state index contributed by atoms with van der Waals surface area (Å²) >= 11 is 0. The maximum absolute atomic E-state index is 12.9. The van der Waals surface area contributed by atoms with Crippen molar-refractivity contribution in [1.82, 2.24) is 9.97 Å². The van der Waals surface area contributed by atoms with Crippen molar-refractivity contribution in [2.24, 2.45) is 0 Å². The number of carbonyl (C=O) groups excluding carboxylic acids is 1. The van der Waals surface area contributed by atoms with Crippen LogP contribution >= 0.6 is 0 Å². The van der Waals surface area contributed by atoms with Gasteiger partial charge in [-0.15, -0.1) is 0 Å². The first-order valence-corrected chi connectivity index (χ1v) is 7.97. The highest BCUT2D eigenvalue weighted by Crippen LogP contribution is 2.27. The molecular formula is C19H17N3O2. The van der Waals surface area contributed by atoms with Gasteiger partial charge in [0, 0.05) is 18.1 Å². The van der Waals surface area contributed by atoms with Crippen LogP contribution in [0.3, 0.4) is 0 Å². The van der Waals surface area contributed by atoms with Gasteiger partial charge in [0.1, 0.15) is 11.4 Å². The van der Waals surface area contributed by atoms with Crippen molar-refractivity contribution in [2.45, 2.75) is 12.8 Å². The van der Waals surface area contributed by atoms with Crippen molar-refractivity contribution in [3.8, 4) is 5.75 Å². The van der Waals surface area contributed by atoms with Crippen molar-refractivity contribution < 1.29 is 9.53 Å². The molecule has 1 aliphatic rings. The lowest BCUT2D eigenvalue weighted by Gasteiger charge is -2.28. The Hall–Kier alpha value is -2.95. The number of nitrogens with zero attached hydrogens (tertiary/aromatic N) is 3. The molecule has 0 unspecified atom stereocenters. The molecule has 3 heterocycles. The summed E-state index contributed by atoms with van der Waals surface area (Å²) in [7, 11) is 1.63. The van der Waals surface area contributed by atoms with Gasteiger partial charge in [-0.25, -0.2) is 4.98 Å². The Bertz CT molecular complexity index is 923. The Labute approximate surface area is 139 Å². The smallest absolute Gasteiger partial charge is 0.276 e. The van der Waals surface area contributed by atoms with E-state index in [4.69, 9.17) is 4.74 Å². The number of aromatic nitrogens is 2. The van der Waals surface area contributed by atoms with Gasteiger partial charge in [0.2, 0.25) is 0 Å². The molecule has 24 heavy (non-hydrogen) atoms. The Morgan fingerprint density at radius 1 is 1.21 bits per heavy atom. The van der Waals surface area contributed by atoms with Crippen LogP contribution < -0.4 is 9.64 Å². The first-order chi connectivity index (χ1) is 11.8. The lowest BCUT2D eigenvalue weighted by atomic mass is 10.1. The molecule has 0 radical (unpaired) electrons. The fraction of sp³-hybridized carbons (Fsp3) is 0.211. The second-order valence-corrected chi connectivity index (χ2v) is 5.78. The van der Waals surface area contributed by atoms with Gasteiger partial charge in [-0.1, -0.05) is 6.07 Å². The zero-order chi connectivity index (χ0) is 16.5. The second-order valence-electron chi connectivity index (χ2n) is 5.78. The summed E-state index contributed by atoms with van der Waals surface area (Å²) in [5.41, 5.74) is 3.10. The number of ether oxygens (including phenoxy) is 1. The monoisotopic (exact) mass is 319 g/mol. The van der Waals surface area contributed by atoms with Gasteiger partial charge in [0.05, 0.1) is 24.0 Å². The molecule has 0 saturated carbocycles. The third kappa shape index (κ3) is 2.48. The predicted octanol–water partition coefficient (Wildman–Crippen LogP) is 3.23. The van der Waals surface area contributed by atoms with Crippen LogP contribution in [0.25, 0.3) is 10.9 Å². The number of fused-ring (bicyclic) bond motifs is 2. The third-order valence-electron chi connectivity index (χ3n) is 4.31. The van der Waals surface area contributed by atoms with Crippen molar-refractivity contribution >= 4 is 22.5 Å². The molecule has 0 fully saturated rings. The second kappa shape index (κ2) is 5.92. The van der Waals surface area contributed by atoms with E-state index in [0.717, 1.165) is 40.9 Å². The van der Waals surface area contributed by atoms with Crippen LogP contribution in [0.15, 0.2) is 48.7 Å². The fourth-order valence-electron chi connectivity index (χ4n) is 3.09. The summed E-state index contributed by atoms with van der Waals surface area (Å²) in [5, 5.41) is 0.951. The molecule has 5 nitrogen and oxygen atoms in total. The van der Waals surface area contributed by atoms with Gasteiger partial charge in [0.25, 0.3) is 5.91 Å². The van der Waals surface area contributed by atoms with E-state index in [1.54, 1.807) is 24.3 Å². The summed E-state index contributed by atoms with van der Waals surface area (Å²) in [6, 6.07) is 13.1. The molecule has 0 N–H and O–H groups in total. The lowest BCUT2D eigenvalue weighted by Crippen LogP contribution is -2.36. The average molecular weight is 319 g/mol. The van der Waals surface area contributed by atoms with Gasteiger partial charge in [-0.2, -0.15) is 0 Å². The van der Waals surface area contributed by atoms with E-state index >= 15 is 0 Å². The number of pyridine rings is 2. The van der Waals surface area contributed by atoms with E-state index < -0.39 is 0 Å². The maximum atomic E-state index is 12.9. The Morgan fingerprint density at radius 2 is 2.12 bits per heavy atom. The molecule has 5 heteroatoms. The summed E-state index contributed by atoms with van der Waals surface area (Å²) in [6.45, 7) is 0.694. The van der Waals surface area contributed by atoms with Crippen molar-refractivity contribution in [3.05, 3.63) is 60.0 Å². The van der Waals surface area contributed by atoms with E-state index in [0.29, 0.717) is 12.2 Å². The highest BCUT2D eigenvalue weighted by molar-refractivity contribution is 6.06. The maximum Gasteiger partial charge on any atom is 0.276 e. The van der Waals surface area contributed by atoms with Gasteiger partial charge in [-0.05, 0) is 49.2 Å². The SMILES string of the molecule is COc1ccc2nc(C(=O)N3CCCc4ncccc43)ccc2c1. The topological polar surface area (TPSA) is 55.3 Å². The van der Waals surface area contributed by atoms with Crippen LogP contribution in [0, 0.1) is 0 Å². The molecule has 0 saturated heterocycles. The quantitative estimate of drug-likeness (QED) is 0.728. The summed E-state index contributed by atoms with van der Waals surface area (Å²) < 4.78 is 5.22. The lowest BCUT2D eigenvalue weighted by molar-refractivity contribution is 0.0980. The standard InChI is InChI=1S/C19H17N3O2/c1-24-14-7-9-15-13(12-14)6-8-17(21-15)19(23)22-11-3-4-16-18(22)5-2-10-20-16/h2,5-10,12H,3-4,11H2,1H3. The van der Waals surface area contributed by atoms with Crippen LogP contribution in [0.1, 0.15) is 22.6 Å². The number of hydrogen-bond acceptors (Lipinski definition) is 4. The van der Waals surface area contributed by atoms with E-state index in [1.807, 2.05) is 36.4 Å². The first kappa shape index (κ1) is 14.6. The number of hydrogen-bond donors (Lipinski definition) is 0. The zero-order valence-corrected chi connectivity index (χ0v) is 13.4. The molecule has 1 aromatic carbocycles. The van der Waals surface area contributed by atoms with E-state index in [1.165, 1.54) is 0 Å². The van der Waals surface area contributed by atoms with E-state index in [2.05, 4.69) is 9.97 Å². The molecule has 120 valence electrons. The van der Waals surface area contributed by atoms with E-state index in [-0.39, 0.29) is 5.91 Å². The molecule has 2 aromatic heterocycles. The minimum absolute atomic E-state index is 0.0818. The minimum atomic E-state index is -0.0818. The van der Waals surface area contributed by atoms with Crippen LogP contribution in [-0.2, 0) is 6.42 Å². The largest absolute Gasteiger partial charge is 0.497 e. The van der Waals surface area contributed by atoms with Crippen molar-refractivity contribution in [2.75, 3.05) is 18.6 Å². The zero-order valence-electron chi connectivity index (χ0n) is 13.4. The third-order valence-corrected chi connectivity index (χ3v) is 4.31. The van der Waals surface area contributed by atoms with Gasteiger partial charge < -0.3 is 9.64 Å². The number of amides is 1. The molecule has 0 spiro atoms. The first-order valence-electron chi connectivity index (χ1n) is 7.97. The molecule has 3 aromatic rings. The van der Waals surface area contributed by atoms with Crippen molar-refractivity contribution in [1.29, 1.82) is 0 Å². The van der Waals surface area contributed by atoms with Gasteiger partial charge >= 0.3 is 0 Å². The van der Waals surface area contributed by atoms with E-state index in [9.17, 15) is 4.79 Å². The van der Waals surface area contributed by atoms with Crippen LogP contribution in [0.4, 0.5) is 5.69 Å². The van der Waals surface area contributed by atoms with Gasteiger partial charge in [0.15, 0.2) is 0 Å². The predicted molar refractivity (Wildman–Crippen MR) is 92.5 cm³/mol. The number of benzene rings is 1. The van der Waals surface area contributed by atoms with Crippen molar-refractivity contribution in [3.63, 3.8) is 0 Å². The van der Waals surface area contributed by atoms with Gasteiger partial charge in [-0.3, -0.25) is 9.78 Å². The number of anilines is 1. The Kier molecular flexibility index (Phi) is 3.61. The number of methoxy groups -OCH3 is 1. The van der Waals surface area contributed by atoms with Crippen LogP contribution in [0.2, 0.25) is 0 Å². The highest BCUT2D eigenvalue weighted by atomic mass is 16.5. The minimum Gasteiger partial charge on any atom is -0.497 e. The normalized spacial score (nSPS) is 13.6. The van der Waals surface area contributed by atoms with Crippen LogP contribution in [0.5, 0.6) is 5.75 Å². The molecule has 0 atom stereocenters. The summed E-state index contributed by atoms with van der Waals surface area (Å²) in [5.74, 6) is 0.695. The van der Waals surface area contributed by atoms with Crippen LogP contribution in [-0.4, -0.2) is 29.5 Å². The molecule has 1 aliphatic heterocycles. The highest BCUT2D eigenvalue weighted by Gasteiger charge is 2.25. The fourth-order valence-corrected chi connectivity index (χ4v) is 3.09. The number of rotatable bonds is 2. The average Bonchev–Trinajstić information content (AvgIpc) is 2.66. The molecule has 0 aliphatic carbocycles.